The number of rotatable bonds is 12. The Morgan fingerprint density at radius 2 is 1.92 bits per heavy atom. The van der Waals surface area contributed by atoms with Crippen molar-refractivity contribution < 1.29 is 4.74 Å². The molecule has 2 aromatic rings. The van der Waals surface area contributed by atoms with Crippen LogP contribution in [0.3, 0.4) is 0 Å². The molecular formula is C35H48N2O. The Balaban J connectivity index is 1.60. The number of ether oxygens (including phenoxy) is 1. The molecule has 2 aliphatic rings. The maximum atomic E-state index is 5.40. The molecule has 0 bridgehead atoms. The smallest absolute Gasteiger partial charge is 0.118 e. The van der Waals surface area contributed by atoms with Crippen LogP contribution < -0.4 is 15.0 Å². The maximum absolute atomic E-state index is 5.40. The van der Waals surface area contributed by atoms with Crippen molar-refractivity contribution in [3.8, 4) is 5.75 Å². The normalized spacial score (nSPS) is 21.1. The zero-order valence-electron chi connectivity index (χ0n) is 24.4. The van der Waals surface area contributed by atoms with Gasteiger partial charge in [0.2, 0.25) is 0 Å². The summed E-state index contributed by atoms with van der Waals surface area (Å²) in [5.41, 5.74) is 11.8. The first-order chi connectivity index (χ1) is 18.4. The van der Waals surface area contributed by atoms with E-state index in [1.807, 2.05) is 0 Å². The number of fused-ring (bicyclic) bond motifs is 2. The van der Waals surface area contributed by atoms with Crippen LogP contribution >= 0.6 is 0 Å². The summed E-state index contributed by atoms with van der Waals surface area (Å²) in [7, 11) is 1.74. The Labute approximate surface area is 231 Å². The van der Waals surface area contributed by atoms with Gasteiger partial charge in [0.15, 0.2) is 0 Å². The predicted molar refractivity (Wildman–Crippen MR) is 162 cm³/mol. The van der Waals surface area contributed by atoms with Gasteiger partial charge in [-0.1, -0.05) is 44.5 Å². The van der Waals surface area contributed by atoms with E-state index in [4.69, 9.17) is 4.74 Å². The van der Waals surface area contributed by atoms with Crippen molar-refractivity contribution in [2.75, 3.05) is 25.1 Å². The molecular weight excluding hydrogens is 464 g/mol. The lowest BCUT2D eigenvalue weighted by Crippen LogP contribution is -2.52. The number of anilines is 1. The lowest BCUT2D eigenvalue weighted by atomic mass is 9.70. The fraction of sp³-hybridized carbons (Fsp3) is 0.514. The summed E-state index contributed by atoms with van der Waals surface area (Å²) in [5, 5.41) is 3.78. The predicted octanol–water partition coefficient (Wildman–Crippen LogP) is 8.10. The van der Waals surface area contributed by atoms with Gasteiger partial charge in [0.05, 0.1) is 7.11 Å². The Morgan fingerprint density at radius 3 is 2.63 bits per heavy atom. The minimum atomic E-state index is 0.184. The van der Waals surface area contributed by atoms with E-state index < -0.39 is 0 Å². The molecule has 0 saturated heterocycles. The molecule has 1 N–H and O–H groups in total. The molecule has 0 saturated carbocycles. The van der Waals surface area contributed by atoms with Gasteiger partial charge in [-0.05, 0) is 118 Å². The molecule has 4 rings (SSSR count). The highest BCUT2D eigenvalue weighted by Gasteiger charge is 2.43. The molecule has 2 aliphatic heterocycles. The number of unbranched alkanes of at least 4 members (excludes halogenated alkanes) is 2. The Kier molecular flexibility index (Phi) is 9.58. The number of hydrogen-bond acceptors (Lipinski definition) is 3. The Morgan fingerprint density at radius 1 is 1.16 bits per heavy atom. The van der Waals surface area contributed by atoms with Gasteiger partial charge < -0.3 is 15.0 Å². The second-order valence-electron chi connectivity index (χ2n) is 11.6. The van der Waals surface area contributed by atoms with Gasteiger partial charge in [0.1, 0.15) is 5.75 Å². The summed E-state index contributed by atoms with van der Waals surface area (Å²) >= 11 is 0. The molecule has 204 valence electrons. The number of nitrogens with one attached hydrogen (secondary N) is 1. The molecule has 0 amide bonds. The summed E-state index contributed by atoms with van der Waals surface area (Å²) < 4.78 is 5.40. The molecule has 0 radical (unpaired) electrons. The monoisotopic (exact) mass is 512 g/mol. The van der Waals surface area contributed by atoms with Crippen LogP contribution in [0.4, 0.5) is 5.69 Å². The second-order valence-corrected chi connectivity index (χ2v) is 11.6. The standard InChI is InChI=1S/C35H48N2O/c1-7-9-10-11-12-13-29(23-30-14-16-32(38-6)17-15-30)18-19-37-33-21-27(4)26(3)20-31(33)24-35(8-2)25-36-28(5)22-34(35)37/h9,14-17,20-22,28-29,36H,1,8,10-13,18-19,23-25H2,2-6H3. The molecule has 2 heterocycles. The third-order valence-corrected chi connectivity index (χ3v) is 9.00. The van der Waals surface area contributed by atoms with Crippen LogP contribution in [0.25, 0.3) is 0 Å². The molecule has 0 aliphatic carbocycles. The third-order valence-electron chi connectivity index (χ3n) is 9.00. The lowest BCUT2D eigenvalue weighted by Gasteiger charge is -2.50. The number of allylic oxidation sites excluding steroid dienone is 1. The highest BCUT2D eigenvalue weighted by molar-refractivity contribution is 5.65. The van der Waals surface area contributed by atoms with E-state index >= 15 is 0 Å². The quantitative estimate of drug-likeness (QED) is 0.230. The van der Waals surface area contributed by atoms with Crippen molar-refractivity contribution in [3.63, 3.8) is 0 Å². The van der Waals surface area contributed by atoms with Gasteiger partial charge in [-0.2, -0.15) is 0 Å². The fourth-order valence-electron chi connectivity index (χ4n) is 6.41. The van der Waals surface area contributed by atoms with E-state index in [1.165, 1.54) is 53.6 Å². The van der Waals surface area contributed by atoms with Crippen LogP contribution in [0.15, 0.2) is 66.6 Å². The highest BCUT2D eigenvalue weighted by atomic mass is 16.5. The van der Waals surface area contributed by atoms with E-state index in [1.54, 1.807) is 12.8 Å². The van der Waals surface area contributed by atoms with Crippen molar-refractivity contribution in [1.82, 2.24) is 5.32 Å². The minimum Gasteiger partial charge on any atom is -0.497 e. The van der Waals surface area contributed by atoms with E-state index in [0.29, 0.717) is 12.0 Å². The highest BCUT2D eigenvalue weighted by Crippen LogP contribution is 2.48. The van der Waals surface area contributed by atoms with Gasteiger partial charge in [0, 0.05) is 35.9 Å². The summed E-state index contributed by atoms with van der Waals surface area (Å²) in [4.78, 5) is 2.72. The van der Waals surface area contributed by atoms with Gasteiger partial charge >= 0.3 is 0 Å². The van der Waals surface area contributed by atoms with Gasteiger partial charge in [0.25, 0.3) is 0 Å². The number of methoxy groups -OCH3 is 1. The van der Waals surface area contributed by atoms with Crippen molar-refractivity contribution in [3.05, 3.63) is 88.8 Å². The van der Waals surface area contributed by atoms with Gasteiger partial charge in [-0.15, -0.1) is 5.73 Å². The molecule has 2 aromatic carbocycles. The number of hydrogen-bond donors (Lipinski definition) is 1. The van der Waals surface area contributed by atoms with Crippen LogP contribution in [-0.2, 0) is 12.8 Å². The number of nitrogens with zero attached hydrogens (tertiary/aromatic N) is 1. The van der Waals surface area contributed by atoms with Crippen LogP contribution in [0, 0.1) is 25.2 Å². The van der Waals surface area contributed by atoms with Gasteiger partial charge in [-0.25, -0.2) is 0 Å². The SMILES string of the molecule is C=C=CCCCCC(CCN1C2=CC(C)NCC2(CC)Cc2cc(C)c(C)cc21)Cc1ccc(OC)cc1. The van der Waals surface area contributed by atoms with Crippen molar-refractivity contribution in [1.29, 1.82) is 0 Å². The molecule has 38 heavy (non-hydrogen) atoms. The average molecular weight is 513 g/mol. The summed E-state index contributed by atoms with van der Waals surface area (Å²) in [6.07, 6.45) is 14.0. The second kappa shape index (κ2) is 12.9. The minimum absolute atomic E-state index is 0.184. The molecule has 3 heteroatoms. The molecule has 3 unspecified atom stereocenters. The fourth-order valence-corrected chi connectivity index (χ4v) is 6.41. The molecule has 3 nitrogen and oxygen atoms in total. The van der Waals surface area contributed by atoms with Crippen LogP contribution in [0.5, 0.6) is 5.75 Å². The van der Waals surface area contributed by atoms with E-state index in [2.05, 4.69) is 98.8 Å². The maximum Gasteiger partial charge on any atom is 0.118 e. The first kappa shape index (κ1) is 28.3. The van der Waals surface area contributed by atoms with Crippen molar-refractivity contribution in [2.24, 2.45) is 11.3 Å². The van der Waals surface area contributed by atoms with E-state index in [-0.39, 0.29) is 5.41 Å². The van der Waals surface area contributed by atoms with Crippen LogP contribution in [0.2, 0.25) is 0 Å². The zero-order valence-corrected chi connectivity index (χ0v) is 24.4. The van der Waals surface area contributed by atoms with Crippen LogP contribution in [0.1, 0.15) is 74.6 Å². The van der Waals surface area contributed by atoms with E-state index in [0.717, 1.165) is 44.5 Å². The first-order valence-corrected chi connectivity index (χ1v) is 14.7. The van der Waals surface area contributed by atoms with Crippen LogP contribution in [-0.4, -0.2) is 26.2 Å². The first-order valence-electron chi connectivity index (χ1n) is 14.7. The van der Waals surface area contributed by atoms with Crippen molar-refractivity contribution >= 4 is 5.69 Å². The summed E-state index contributed by atoms with van der Waals surface area (Å²) in [5.74, 6) is 1.57. The third kappa shape index (κ3) is 6.45. The van der Waals surface area contributed by atoms with Crippen molar-refractivity contribution in [2.45, 2.75) is 85.1 Å². The lowest BCUT2D eigenvalue weighted by molar-refractivity contribution is 0.272. The summed E-state index contributed by atoms with van der Waals surface area (Å²) in [6, 6.07) is 14.0. The van der Waals surface area contributed by atoms with Gasteiger partial charge in [-0.3, -0.25) is 0 Å². The topological polar surface area (TPSA) is 24.5 Å². The number of benzene rings is 2. The Bertz CT molecular complexity index is 1160. The van der Waals surface area contributed by atoms with E-state index in [9.17, 15) is 0 Å². The molecule has 0 aromatic heterocycles. The molecule has 0 spiro atoms. The zero-order chi connectivity index (χ0) is 27.1. The Hall–Kier alpha value is -2.74. The summed E-state index contributed by atoms with van der Waals surface area (Å²) in [6.45, 7) is 15.0. The largest absolute Gasteiger partial charge is 0.497 e. The molecule has 0 fully saturated rings. The molecule has 3 atom stereocenters. The number of aryl methyl sites for hydroxylation is 2. The average Bonchev–Trinajstić information content (AvgIpc) is 2.92.